The maximum Gasteiger partial charge on any atom is 0.203 e. The van der Waals surface area contributed by atoms with E-state index in [-0.39, 0.29) is 11.7 Å². The van der Waals surface area contributed by atoms with Gasteiger partial charge in [-0.1, -0.05) is 19.3 Å². The zero-order chi connectivity index (χ0) is 11.7. The average molecular weight is 229 g/mol. The van der Waals surface area contributed by atoms with Crippen molar-refractivity contribution < 1.29 is 4.79 Å². The third kappa shape index (κ3) is 1.95. The second kappa shape index (κ2) is 4.28. The van der Waals surface area contributed by atoms with E-state index in [1.165, 1.54) is 6.42 Å². The molecule has 0 atom stereocenters. The molecule has 2 aromatic rings. The maximum atomic E-state index is 12.2. The molecule has 0 unspecified atom stereocenters. The molecular formula is C13H15N3O. The Bertz CT molecular complexity index is 540. The fourth-order valence-corrected chi connectivity index (χ4v) is 2.51. The van der Waals surface area contributed by atoms with Gasteiger partial charge in [-0.3, -0.25) is 4.79 Å². The molecule has 4 heteroatoms. The van der Waals surface area contributed by atoms with Crippen LogP contribution in [0.5, 0.6) is 0 Å². The zero-order valence-corrected chi connectivity index (χ0v) is 9.65. The van der Waals surface area contributed by atoms with E-state index in [1.54, 1.807) is 6.20 Å². The molecule has 0 radical (unpaired) electrons. The quantitative estimate of drug-likeness (QED) is 0.805. The van der Waals surface area contributed by atoms with Gasteiger partial charge < -0.3 is 4.98 Å². The minimum atomic E-state index is 0.112. The summed E-state index contributed by atoms with van der Waals surface area (Å²) in [6.07, 6.45) is 9.07. The predicted octanol–water partition coefficient (Wildman–Crippen LogP) is 2.72. The number of aromatic nitrogens is 3. The highest BCUT2D eigenvalue weighted by molar-refractivity contribution is 5.95. The van der Waals surface area contributed by atoms with E-state index in [9.17, 15) is 4.79 Å². The van der Waals surface area contributed by atoms with Crippen LogP contribution < -0.4 is 0 Å². The molecule has 4 nitrogen and oxygen atoms in total. The molecule has 17 heavy (non-hydrogen) atoms. The van der Waals surface area contributed by atoms with Crippen molar-refractivity contribution in [3.8, 4) is 0 Å². The van der Waals surface area contributed by atoms with Crippen LogP contribution in [0.1, 0.15) is 42.7 Å². The summed E-state index contributed by atoms with van der Waals surface area (Å²) in [5.74, 6) is 0.615. The van der Waals surface area contributed by atoms with Gasteiger partial charge in [0.2, 0.25) is 5.78 Å². The van der Waals surface area contributed by atoms with Crippen LogP contribution in [0.25, 0.3) is 11.0 Å². The Labute approximate surface area is 99.5 Å². The molecule has 0 spiro atoms. The van der Waals surface area contributed by atoms with E-state index in [4.69, 9.17) is 0 Å². The zero-order valence-electron chi connectivity index (χ0n) is 9.65. The van der Waals surface area contributed by atoms with E-state index in [2.05, 4.69) is 15.0 Å². The third-order valence-corrected chi connectivity index (χ3v) is 3.50. The first-order valence-corrected chi connectivity index (χ1v) is 6.19. The first-order valence-electron chi connectivity index (χ1n) is 6.19. The van der Waals surface area contributed by atoms with Crippen molar-refractivity contribution in [3.63, 3.8) is 0 Å². The Morgan fingerprint density at radius 1 is 1.29 bits per heavy atom. The molecule has 0 bridgehead atoms. The summed E-state index contributed by atoms with van der Waals surface area (Å²) < 4.78 is 0. The van der Waals surface area contributed by atoms with Crippen molar-refractivity contribution in [1.29, 1.82) is 0 Å². The summed E-state index contributed by atoms with van der Waals surface area (Å²) in [6, 6.07) is 1.91. The van der Waals surface area contributed by atoms with Crippen LogP contribution in [0.2, 0.25) is 0 Å². The molecule has 1 saturated carbocycles. The number of carbonyl (C=O) groups is 1. The molecule has 0 saturated heterocycles. The van der Waals surface area contributed by atoms with Gasteiger partial charge in [0.05, 0.1) is 0 Å². The number of hydrogen-bond donors (Lipinski definition) is 1. The number of ketones is 1. The average Bonchev–Trinajstić information content (AvgIpc) is 2.86. The van der Waals surface area contributed by atoms with Crippen molar-refractivity contribution in [3.05, 3.63) is 24.3 Å². The number of nitrogens with zero attached hydrogens (tertiary/aromatic N) is 2. The van der Waals surface area contributed by atoms with Gasteiger partial charge >= 0.3 is 0 Å². The molecule has 0 aliphatic heterocycles. The third-order valence-electron chi connectivity index (χ3n) is 3.50. The first-order chi connectivity index (χ1) is 8.34. The molecule has 2 aromatic heterocycles. The number of nitrogens with one attached hydrogen (secondary N) is 1. The van der Waals surface area contributed by atoms with Crippen molar-refractivity contribution in [1.82, 2.24) is 15.0 Å². The van der Waals surface area contributed by atoms with E-state index >= 15 is 0 Å². The van der Waals surface area contributed by atoms with Crippen LogP contribution >= 0.6 is 0 Å². The van der Waals surface area contributed by atoms with E-state index in [1.807, 2.05) is 12.3 Å². The van der Waals surface area contributed by atoms with Crippen molar-refractivity contribution >= 4 is 16.8 Å². The number of fused-ring (bicyclic) bond motifs is 1. The van der Waals surface area contributed by atoms with Crippen LogP contribution in [-0.2, 0) is 0 Å². The number of hydrogen-bond acceptors (Lipinski definition) is 3. The van der Waals surface area contributed by atoms with Gasteiger partial charge in [0.15, 0.2) is 5.82 Å². The van der Waals surface area contributed by atoms with E-state index in [0.717, 1.165) is 36.7 Å². The Hall–Kier alpha value is -1.71. The minimum Gasteiger partial charge on any atom is -0.346 e. The maximum absolute atomic E-state index is 12.2. The lowest BCUT2D eigenvalue weighted by atomic mass is 9.86. The van der Waals surface area contributed by atoms with Crippen LogP contribution in [0, 0.1) is 5.92 Å². The lowest BCUT2D eigenvalue weighted by Crippen LogP contribution is -2.20. The Balaban J connectivity index is 1.88. The number of H-pyrrole nitrogens is 1. The summed E-state index contributed by atoms with van der Waals surface area (Å²) >= 11 is 0. The summed E-state index contributed by atoms with van der Waals surface area (Å²) in [4.78, 5) is 23.7. The SMILES string of the molecule is O=C(c1ncc2cc[nH]c2n1)C1CCCCC1. The smallest absolute Gasteiger partial charge is 0.203 e. The monoisotopic (exact) mass is 229 g/mol. The van der Waals surface area contributed by atoms with E-state index in [0.29, 0.717) is 5.82 Å². The number of carbonyl (C=O) groups excluding carboxylic acids is 1. The summed E-state index contributed by atoms with van der Waals surface area (Å²) in [7, 11) is 0. The van der Waals surface area contributed by atoms with Crippen molar-refractivity contribution in [2.45, 2.75) is 32.1 Å². The van der Waals surface area contributed by atoms with E-state index < -0.39 is 0 Å². The first kappa shape index (κ1) is 10.4. The minimum absolute atomic E-state index is 0.112. The topological polar surface area (TPSA) is 58.6 Å². The Morgan fingerprint density at radius 2 is 2.12 bits per heavy atom. The van der Waals surface area contributed by atoms with Gasteiger partial charge in [0.1, 0.15) is 5.65 Å². The summed E-state index contributed by atoms with van der Waals surface area (Å²) in [6.45, 7) is 0. The standard InChI is InChI=1S/C13H15N3O/c17-11(9-4-2-1-3-5-9)13-15-8-10-6-7-14-12(10)16-13/h6-9H,1-5H2,(H,14,15,16). The Morgan fingerprint density at radius 3 is 2.94 bits per heavy atom. The molecule has 0 aromatic carbocycles. The Kier molecular flexibility index (Phi) is 2.63. The molecule has 1 aliphatic carbocycles. The highest BCUT2D eigenvalue weighted by atomic mass is 16.1. The summed E-state index contributed by atoms with van der Waals surface area (Å²) in [5, 5.41) is 0.949. The number of Topliss-reactive ketones (excluding diaryl/α,β-unsaturated/α-hetero) is 1. The summed E-state index contributed by atoms with van der Waals surface area (Å²) in [5.41, 5.74) is 0.749. The van der Waals surface area contributed by atoms with Gasteiger partial charge in [-0.2, -0.15) is 0 Å². The molecule has 3 rings (SSSR count). The highest BCUT2D eigenvalue weighted by Crippen LogP contribution is 2.26. The second-order valence-corrected chi connectivity index (χ2v) is 4.67. The molecule has 88 valence electrons. The van der Waals surface area contributed by atoms with Crippen LogP contribution in [0.15, 0.2) is 18.5 Å². The second-order valence-electron chi connectivity index (χ2n) is 4.67. The lowest BCUT2D eigenvalue weighted by molar-refractivity contribution is 0.0879. The van der Waals surface area contributed by atoms with Gasteiger partial charge in [-0.05, 0) is 18.9 Å². The molecule has 2 heterocycles. The van der Waals surface area contributed by atoms with Crippen LogP contribution in [-0.4, -0.2) is 20.7 Å². The highest BCUT2D eigenvalue weighted by Gasteiger charge is 2.24. The van der Waals surface area contributed by atoms with Crippen LogP contribution in [0.3, 0.4) is 0 Å². The molecule has 0 amide bonds. The fraction of sp³-hybridized carbons (Fsp3) is 0.462. The molecule has 1 N–H and O–H groups in total. The number of aromatic amines is 1. The van der Waals surface area contributed by atoms with Crippen molar-refractivity contribution in [2.24, 2.45) is 5.92 Å². The normalized spacial score (nSPS) is 17.4. The fourth-order valence-electron chi connectivity index (χ4n) is 2.51. The lowest BCUT2D eigenvalue weighted by Gasteiger charge is -2.19. The van der Waals surface area contributed by atoms with Gasteiger partial charge in [0, 0.05) is 23.7 Å². The molecular weight excluding hydrogens is 214 g/mol. The predicted molar refractivity (Wildman–Crippen MR) is 64.8 cm³/mol. The molecule has 1 aliphatic rings. The van der Waals surface area contributed by atoms with Crippen LogP contribution in [0.4, 0.5) is 0 Å². The van der Waals surface area contributed by atoms with Gasteiger partial charge in [-0.15, -0.1) is 0 Å². The largest absolute Gasteiger partial charge is 0.346 e. The van der Waals surface area contributed by atoms with Gasteiger partial charge in [-0.25, -0.2) is 9.97 Å². The van der Waals surface area contributed by atoms with Crippen molar-refractivity contribution in [2.75, 3.05) is 0 Å². The molecule has 1 fully saturated rings. The van der Waals surface area contributed by atoms with Gasteiger partial charge in [0.25, 0.3) is 0 Å². The number of rotatable bonds is 2.